The summed E-state index contributed by atoms with van der Waals surface area (Å²) in [6, 6.07) is 0. The van der Waals surface area contributed by atoms with Crippen LogP contribution in [0.4, 0.5) is 0 Å². The highest BCUT2D eigenvalue weighted by atomic mass is 16.6. The maximum Gasteiger partial charge on any atom is 0.306 e. The van der Waals surface area contributed by atoms with Crippen molar-refractivity contribution in [2.24, 2.45) is 0 Å². The van der Waals surface area contributed by atoms with Crippen molar-refractivity contribution in [2.45, 2.75) is 412 Å². The van der Waals surface area contributed by atoms with E-state index in [1.165, 1.54) is 283 Å². The first kappa shape index (κ1) is 80.4. The molecular formula is C77H142O6. The van der Waals surface area contributed by atoms with Crippen LogP contribution in [0.1, 0.15) is 406 Å². The topological polar surface area (TPSA) is 78.9 Å². The molecule has 0 aliphatic rings. The van der Waals surface area contributed by atoms with Crippen molar-refractivity contribution in [3.63, 3.8) is 0 Å². The summed E-state index contributed by atoms with van der Waals surface area (Å²) in [7, 11) is 0. The Morgan fingerprint density at radius 2 is 0.470 bits per heavy atom. The van der Waals surface area contributed by atoms with Gasteiger partial charge in [0.25, 0.3) is 0 Å². The monoisotopic (exact) mass is 1160 g/mol. The Labute approximate surface area is 518 Å². The molecule has 0 aromatic heterocycles. The number of unbranched alkanes of at least 4 members (excludes halogenated alkanes) is 50. The molecule has 0 bridgehead atoms. The van der Waals surface area contributed by atoms with Crippen LogP contribution in [0, 0.1) is 0 Å². The highest BCUT2D eigenvalue weighted by Crippen LogP contribution is 2.19. The molecule has 1 atom stereocenters. The zero-order chi connectivity index (χ0) is 59.9. The van der Waals surface area contributed by atoms with Crippen LogP contribution in [0.5, 0.6) is 0 Å². The third-order valence-corrected chi connectivity index (χ3v) is 16.8. The van der Waals surface area contributed by atoms with Crippen LogP contribution in [0.3, 0.4) is 0 Å². The highest BCUT2D eigenvalue weighted by molar-refractivity contribution is 5.71. The van der Waals surface area contributed by atoms with Gasteiger partial charge in [0, 0.05) is 19.3 Å². The first-order chi connectivity index (χ1) is 41.0. The zero-order valence-electron chi connectivity index (χ0n) is 56.0. The molecule has 0 aliphatic carbocycles. The van der Waals surface area contributed by atoms with Gasteiger partial charge >= 0.3 is 17.9 Å². The maximum absolute atomic E-state index is 13.0. The Morgan fingerprint density at radius 3 is 0.735 bits per heavy atom. The zero-order valence-corrected chi connectivity index (χ0v) is 56.0. The molecule has 486 valence electrons. The first-order valence-corrected chi connectivity index (χ1v) is 37.1. The molecule has 0 fully saturated rings. The van der Waals surface area contributed by atoms with Gasteiger partial charge in [-0.2, -0.15) is 0 Å². The van der Waals surface area contributed by atoms with Gasteiger partial charge in [0.1, 0.15) is 13.2 Å². The molecule has 0 radical (unpaired) electrons. The largest absolute Gasteiger partial charge is 0.462 e. The molecule has 0 saturated heterocycles. The van der Waals surface area contributed by atoms with Gasteiger partial charge in [-0.15, -0.1) is 0 Å². The van der Waals surface area contributed by atoms with E-state index >= 15 is 0 Å². The number of hydrogen-bond donors (Lipinski definition) is 0. The SMILES string of the molecule is CC/C=C\C/C=C\C/C=C\C/C=C\CCCCC(=O)OCC(COC(=O)CCCCCCCCCCCCCCCCCCCCCCCCCCCCCC)OC(=O)CCCCCCCCCCCCCCCCCCCCCCCC. The van der Waals surface area contributed by atoms with Gasteiger partial charge in [0.2, 0.25) is 0 Å². The smallest absolute Gasteiger partial charge is 0.306 e. The molecule has 6 nitrogen and oxygen atoms in total. The van der Waals surface area contributed by atoms with Gasteiger partial charge in [-0.1, -0.05) is 378 Å². The first-order valence-electron chi connectivity index (χ1n) is 37.1. The lowest BCUT2D eigenvalue weighted by Gasteiger charge is -2.18. The van der Waals surface area contributed by atoms with E-state index in [4.69, 9.17) is 14.2 Å². The fourth-order valence-electron chi connectivity index (χ4n) is 11.3. The fourth-order valence-corrected chi connectivity index (χ4v) is 11.3. The van der Waals surface area contributed by atoms with Crippen molar-refractivity contribution in [3.05, 3.63) is 48.6 Å². The molecule has 0 rings (SSSR count). The van der Waals surface area contributed by atoms with Crippen molar-refractivity contribution < 1.29 is 28.6 Å². The standard InChI is InChI=1S/C77H142O6/c1-4-7-10-13-16-19-22-25-28-30-32-34-36-37-38-39-40-41-43-44-46-49-52-55-58-61-64-67-70-76(79)82-73-74(72-81-75(78)69-66-63-60-57-54-51-48-27-24-21-18-15-12-9-6-3)83-77(80)71-68-65-62-59-56-53-50-47-45-42-35-33-31-29-26-23-20-17-14-11-8-5-2/h9,12,18,21,27,48,54,57,74H,4-8,10-11,13-17,19-20,22-26,28-47,49-53,55-56,58-73H2,1-3H3/b12-9-,21-18-,48-27-,57-54-. The molecule has 1 unspecified atom stereocenters. The van der Waals surface area contributed by atoms with Crippen LogP contribution >= 0.6 is 0 Å². The van der Waals surface area contributed by atoms with Crippen LogP contribution in [0.15, 0.2) is 48.6 Å². The average molecular weight is 1160 g/mol. The lowest BCUT2D eigenvalue weighted by Crippen LogP contribution is -2.30. The summed E-state index contributed by atoms with van der Waals surface area (Å²) < 4.78 is 17.0. The molecule has 0 N–H and O–H groups in total. The Balaban J connectivity index is 4.24. The lowest BCUT2D eigenvalue weighted by atomic mass is 10.0. The quantitative estimate of drug-likeness (QED) is 0.0261. The van der Waals surface area contributed by atoms with Crippen LogP contribution < -0.4 is 0 Å². The number of ether oxygens (including phenoxy) is 3. The minimum atomic E-state index is -0.789. The molecule has 0 amide bonds. The summed E-state index contributed by atoms with van der Waals surface area (Å²) in [5.74, 6) is -0.894. The second-order valence-corrected chi connectivity index (χ2v) is 25.2. The third-order valence-electron chi connectivity index (χ3n) is 16.8. The number of hydrogen-bond acceptors (Lipinski definition) is 6. The summed E-state index contributed by atoms with van der Waals surface area (Å²) in [5.41, 5.74) is 0. The van der Waals surface area contributed by atoms with Crippen molar-refractivity contribution in [3.8, 4) is 0 Å². The second-order valence-electron chi connectivity index (χ2n) is 25.2. The van der Waals surface area contributed by atoms with E-state index < -0.39 is 6.10 Å². The van der Waals surface area contributed by atoms with Gasteiger partial charge in [-0.3, -0.25) is 14.4 Å². The van der Waals surface area contributed by atoms with Crippen LogP contribution in [0.25, 0.3) is 0 Å². The minimum absolute atomic E-state index is 0.0808. The Kier molecular flexibility index (Phi) is 69.6. The van der Waals surface area contributed by atoms with Crippen molar-refractivity contribution in [1.29, 1.82) is 0 Å². The van der Waals surface area contributed by atoms with Crippen LogP contribution in [-0.4, -0.2) is 37.2 Å². The van der Waals surface area contributed by atoms with Gasteiger partial charge < -0.3 is 14.2 Å². The molecule has 0 saturated carbocycles. The van der Waals surface area contributed by atoms with Crippen molar-refractivity contribution >= 4 is 17.9 Å². The molecule has 0 aromatic carbocycles. The van der Waals surface area contributed by atoms with E-state index in [0.717, 1.165) is 83.5 Å². The number of esters is 3. The fraction of sp³-hybridized carbons (Fsp3) is 0.857. The van der Waals surface area contributed by atoms with Gasteiger partial charge in [0.15, 0.2) is 6.10 Å². The normalized spacial score (nSPS) is 12.3. The number of carbonyl (C=O) groups excluding carboxylic acids is 3. The van der Waals surface area contributed by atoms with E-state index in [-0.39, 0.29) is 31.1 Å². The van der Waals surface area contributed by atoms with Crippen molar-refractivity contribution in [1.82, 2.24) is 0 Å². The third kappa shape index (κ3) is 70.0. The number of allylic oxidation sites excluding steroid dienone is 8. The van der Waals surface area contributed by atoms with E-state index in [2.05, 4.69) is 69.4 Å². The van der Waals surface area contributed by atoms with E-state index in [0.29, 0.717) is 19.3 Å². The highest BCUT2D eigenvalue weighted by Gasteiger charge is 2.19. The second kappa shape index (κ2) is 71.8. The Morgan fingerprint density at radius 1 is 0.253 bits per heavy atom. The Hall–Kier alpha value is -2.63. The van der Waals surface area contributed by atoms with Gasteiger partial charge in [0.05, 0.1) is 0 Å². The summed E-state index contributed by atoms with van der Waals surface area (Å²) >= 11 is 0. The Bertz CT molecular complexity index is 1430. The molecule has 83 heavy (non-hydrogen) atoms. The average Bonchev–Trinajstić information content (AvgIpc) is 3.50. The number of carbonyl (C=O) groups is 3. The maximum atomic E-state index is 13.0. The van der Waals surface area contributed by atoms with Gasteiger partial charge in [-0.05, 0) is 57.8 Å². The summed E-state index contributed by atoms with van der Waals surface area (Å²) in [6.07, 6.45) is 91.7. The minimum Gasteiger partial charge on any atom is -0.462 e. The van der Waals surface area contributed by atoms with Gasteiger partial charge in [-0.25, -0.2) is 0 Å². The molecule has 0 aliphatic heterocycles. The predicted octanol–water partition coefficient (Wildman–Crippen LogP) is 25.7. The van der Waals surface area contributed by atoms with Crippen LogP contribution in [-0.2, 0) is 28.6 Å². The van der Waals surface area contributed by atoms with E-state index in [1.807, 2.05) is 0 Å². The molecule has 6 heteroatoms. The molecule has 0 heterocycles. The van der Waals surface area contributed by atoms with E-state index in [1.54, 1.807) is 0 Å². The number of rotatable bonds is 69. The summed E-state index contributed by atoms with van der Waals surface area (Å²) in [6.45, 7) is 6.57. The summed E-state index contributed by atoms with van der Waals surface area (Å²) in [5, 5.41) is 0. The van der Waals surface area contributed by atoms with Crippen molar-refractivity contribution in [2.75, 3.05) is 13.2 Å². The predicted molar refractivity (Wildman–Crippen MR) is 362 cm³/mol. The molecule has 0 spiro atoms. The van der Waals surface area contributed by atoms with E-state index in [9.17, 15) is 14.4 Å². The summed E-state index contributed by atoms with van der Waals surface area (Å²) in [4.78, 5) is 38.5. The molecule has 0 aromatic rings. The molecular weight excluding hydrogens is 1020 g/mol. The lowest BCUT2D eigenvalue weighted by molar-refractivity contribution is -0.167. The van der Waals surface area contributed by atoms with Crippen LogP contribution in [0.2, 0.25) is 0 Å².